The zero-order chi connectivity index (χ0) is 14.6. The maximum atomic E-state index is 14.0. The summed E-state index contributed by atoms with van der Waals surface area (Å²) in [5.41, 5.74) is 0.972. The third-order valence-corrected chi connectivity index (χ3v) is 3.27. The monoisotopic (exact) mass is 280 g/mol. The van der Waals surface area contributed by atoms with E-state index >= 15 is 0 Å². The molecule has 2 rings (SSSR count). The lowest BCUT2D eigenvalue weighted by Crippen LogP contribution is -2.37. The van der Waals surface area contributed by atoms with Crippen molar-refractivity contribution in [2.45, 2.75) is 24.6 Å². The molecule has 0 bridgehead atoms. The van der Waals surface area contributed by atoms with E-state index in [1.54, 1.807) is 48.5 Å². The van der Waals surface area contributed by atoms with Crippen molar-refractivity contribution in [1.29, 1.82) is 0 Å². The van der Waals surface area contributed by atoms with Crippen LogP contribution in [0.15, 0.2) is 60.7 Å². The molecule has 0 radical (unpaired) electrons. The SMILES string of the molecule is OC(F)C(F)(F)C(Cc1ccccc1)c1ccccc1. The van der Waals surface area contributed by atoms with Gasteiger partial charge in [0.25, 0.3) is 6.36 Å². The highest BCUT2D eigenvalue weighted by atomic mass is 19.3. The quantitative estimate of drug-likeness (QED) is 0.879. The first-order valence-electron chi connectivity index (χ1n) is 6.30. The molecule has 0 saturated carbocycles. The molecule has 0 aromatic heterocycles. The molecule has 2 atom stereocenters. The largest absolute Gasteiger partial charge is 0.359 e. The van der Waals surface area contributed by atoms with Crippen molar-refractivity contribution >= 4 is 0 Å². The lowest BCUT2D eigenvalue weighted by molar-refractivity contribution is -0.182. The van der Waals surface area contributed by atoms with Crippen molar-refractivity contribution in [1.82, 2.24) is 0 Å². The van der Waals surface area contributed by atoms with Crippen LogP contribution in [0.25, 0.3) is 0 Å². The Morgan fingerprint density at radius 1 is 0.900 bits per heavy atom. The number of benzene rings is 2. The van der Waals surface area contributed by atoms with Gasteiger partial charge in [-0.25, -0.2) is 4.39 Å². The predicted octanol–water partition coefficient (Wildman–Crippen LogP) is 3.94. The molecule has 0 heterocycles. The molecule has 106 valence electrons. The van der Waals surface area contributed by atoms with Crippen molar-refractivity contribution in [3.8, 4) is 0 Å². The first kappa shape index (κ1) is 14.6. The number of hydrogen-bond donors (Lipinski definition) is 1. The van der Waals surface area contributed by atoms with Gasteiger partial charge in [0.15, 0.2) is 0 Å². The Morgan fingerprint density at radius 2 is 1.40 bits per heavy atom. The molecule has 1 nitrogen and oxygen atoms in total. The van der Waals surface area contributed by atoms with Crippen LogP contribution < -0.4 is 0 Å². The molecule has 0 spiro atoms. The fourth-order valence-electron chi connectivity index (χ4n) is 2.18. The second-order valence-electron chi connectivity index (χ2n) is 4.66. The number of halogens is 3. The molecule has 2 aromatic carbocycles. The Bertz CT molecular complexity index is 526. The first-order valence-corrected chi connectivity index (χ1v) is 6.30. The molecule has 0 fully saturated rings. The minimum atomic E-state index is -3.84. The van der Waals surface area contributed by atoms with Crippen LogP contribution in [-0.2, 0) is 6.42 Å². The van der Waals surface area contributed by atoms with E-state index in [-0.39, 0.29) is 6.42 Å². The van der Waals surface area contributed by atoms with Crippen LogP contribution in [0.3, 0.4) is 0 Å². The summed E-state index contributed by atoms with van der Waals surface area (Å²) in [5, 5.41) is 8.77. The van der Waals surface area contributed by atoms with E-state index in [1.807, 2.05) is 0 Å². The molecule has 0 aliphatic heterocycles. The minimum Gasteiger partial charge on any atom is -0.359 e. The van der Waals surface area contributed by atoms with Crippen molar-refractivity contribution < 1.29 is 18.3 Å². The summed E-state index contributed by atoms with van der Waals surface area (Å²) in [7, 11) is 0. The Kier molecular flexibility index (Phi) is 4.45. The maximum absolute atomic E-state index is 14.0. The summed E-state index contributed by atoms with van der Waals surface area (Å²) < 4.78 is 40.8. The van der Waals surface area contributed by atoms with Gasteiger partial charge in [-0.05, 0) is 17.5 Å². The van der Waals surface area contributed by atoms with Crippen molar-refractivity contribution in [3.05, 3.63) is 71.8 Å². The smallest absolute Gasteiger partial charge is 0.309 e. The van der Waals surface area contributed by atoms with Crippen LogP contribution in [0.2, 0.25) is 0 Å². The van der Waals surface area contributed by atoms with E-state index < -0.39 is 18.2 Å². The highest BCUT2D eigenvalue weighted by molar-refractivity contribution is 5.26. The summed E-state index contributed by atoms with van der Waals surface area (Å²) in [5.74, 6) is -5.25. The summed E-state index contributed by atoms with van der Waals surface area (Å²) in [4.78, 5) is 0. The first-order chi connectivity index (χ1) is 9.51. The van der Waals surface area contributed by atoms with Gasteiger partial charge in [-0.15, -0.1) is 0 Å². The van der Waals surface area contributed by atoms with E-state index in [9.17, 15) is 13.2 Å². The van der Waals surface area contributed by atoms with Gasteiger partial charge in [-0.1, -0.05) is 60.7 Å². The minimum absolute atomic E-state index is 0.0428. The van der Waals surface area contributed by atoms with E-state index in [2.05, 4.69) is 0 Å². The summed E-state index contributed by atoms with van der Waals surface area (Å²) in [6.45, 7) is 0. The average molecular weight is 280 g/mol. The van der Waals surface area contributed by atoms with Gasteiger partial charge in [0.05, 0.1) is 5.92 Å². The lowest BCUT2D eigenvalue weighted by Gasteiger charge is -2.27. The number of aliphatic hydroxyl groups is 1. The summed E-state index contributed by atoms with van der Waals surface area (Å²) >= 11 is 0. The normalized spacial score (nSPS) is 14.8. The van der Waals surface area contributed by atoms with Crippen LogP contribution in [0.4, 0.5) is 13.2 Å². The molecule has 20 heavy (non-hydrogen) atoms. The fourth-order valence-corrected chi connectivity index (χ4v) is 2.18. The Morgan fingerprint density at radius 3 is 1.90 bits per heavy atom. The maximum Gasteiger partial charge on any atom is 0.309 e. The van der Waals surface area contributed by atoms with Crippen molar-refractivity contribution in [3.63, 3.8) is 0 Å². The van der Waals surface area contributed by atoms with Crippen LogP contribution >= 0.6 is 0 Å². The molecule has 0 saturated heterocycles. The third kappa shape index (κ3) is 3.20. The zero-order valence-electron chi connectivity index (χ0n) is 10.7. The van der Waals surface area contributed by atoms with E-state index in [1.165, 1.54) is 12.1 Å². The number of alkyl halides is 3. The van der Waals surface area contributed by atoms with Gasteiger partial charge in [0.2, 0.25) is 0 Å². The van der Waals surface area contributed by atoms with Crippen LogP contribution in [0.5, 0.6) is 0 Å². The second-order valence-corrected chi connectivity index (χ2v) is 4.66. The predicted molar refractivity (Wildman–Crippen MR) is 71.4 cm³/mol. The number of hydrogen-bond acceptors (Lipinski definition) is 1. The van der Waals surface area contributed by atoms with E-state index in [4.69, 9.17) is 5.11 Å². The topological polar surface area (TPSA) is 20.2 Å². The Hall–Kier alpha value is -1.81. The zero-order valence-corrected chi connectivity index (χ0v) is 10.7. The van der Waals surface area contributed by atoms with Crippen LogP contribution in [0.1, 0.15) is 17.0 Å². The van der Waals surface area contributed by atoms with Gasteiger partial charge in [-0.2, -0.15) is 8.78 Å². The highest BCUT2D eigenvalue weighted by Crippen LogP contribution is 2.39. The van der Waals surface area contributed by atoms with Gasteiger partial charge < -0.3 is 5.11 Å². The molecule has 1 N–H and O–H groups in total. The molecule has 2 unspecified atom stereocenters. The molecule has 0 aliphatic carbocycles. The van der Waals surface area contributed by atoms with Gasteiger partial charge in [-0.3, -0.25) is 0 Å². The molecule has 0 amide bonds. The van der Waals surface area contributed by atoms with Crippen LogP contribution in [0, 0.1) is 0 Å². The van der Waals surface area contributed by atoms with Crippen molar-refractivity contribution in [2.24, 2.45) is 0 Å². The average Bonchev–Trinajstić information content (AvgIpc) is 2.46. The molecule has 0 aliphatic rings. The van der Waals surface area contributed by atoms with Gasteiger partial charge in [0, 0.05) is 0 Å². The van der Waals surface area contributed by atoms with Crippen LogP contribution in [-0.4, -0.2) is 17.4 Å². The van der Waals surface area contributed by atoms with E-state index in [0.717, 1.165) is 0 Å². The number of rotatable bonds is 5. The summed E-state index contributed by atoms with van der Waals surface area (Å²) in [6, 6.07) is 16.6. The molecule has 4 heteroatoms. The fraction of sp³-hybridized carbons (Fsp3) is 0.250. The Balaban J connectivity index is 2.35. The second kappa shape index (κ2) is 6.09. The van der Waals surface area contributed by atoms with Crippen molar-refractivity contribution in [2.75, 3.05) is 0 Å². The summed E-state index contributed by atoms with van der Waals surface area (Å²) in [6.07, 6.45) is -3.23. The van der Waals surface area contributed by atoms with Gasteiger partial charge in [0.1, 0.15) is 0 Å². The lowest BCUT2D eigenvalue weighted by atomic mass is 9.86. The standard InChI is InChI=1S/C16H15F3O/c17-15(20)16(18,19)14(13-9-5-2-6-10-13)11-12-7-3-1-4-8-12/h1-10,14-15,20H,11H2. The third-order valence-electron chi connectivity index (χ3n) is 3.27. The number of aliphatic hydroxyl groups excluding tert-OH is 1. The Labute approximate surface area is 115 Å². The molecule has 2 aromatic rings. The molecular weight excluding hydrogens is 265 g/mol. The van der Waals surface area contributed by atoms with Gasteiger partial charge >= 0.3 is 5.92 Å². The highest BCUT2D eigenvalue weighted by Gasteiger charge is 2.47. The molecular formula is C16H15F3O. The van der Waals surface area contributed by atoms with E-state index in [0.29, 0.717) is 11.1 Å².